The molecule has 1 heterocycles. The highest BCUT2D eigenvalue weighted by Gasteiger charge is 2.17. The van der Waals surface area contributed by atoms with Crippen LogP contribution in [0.2, 0.25) is 0 Å². The standard InChI is InChI=1S/C19H14N4O4S/c1-28-19-21-17(15(10-20)18(24)22-19)14-4-2-3-5-16(14)27-11-12-6-8-13(9-7-12)23(25)26/h2-9H,11H2,1H3,(H,21,22,24). The van der Waals surface area contributed by atoms with E-state index in [0.29, 0.717) is 16.5 Å². The van der Waals surface area contributed by atoms with Crippen molar-refractivity contribution in [3.63, 3.8) is 0 Å². The molecule has 0 aliphatic carbocycles. The second kappa shape index (κ2) is 8.37. The summed E-state index contributed by atoms with van der Waals surface area (Å²) in [6.07, 6.45) is 1.77. The van der Waals surface area contributed by atoms with Gasteiger partial charge < -0.3 is 9.72 Å². The number of para-hydroxylation sites is 1. The van der Waals surface area contributed by atoms with Crippen LogP contribution in [0.25, 0.3) is 11.3 Å². The van der Waals surface area contributed by atoms with Gasteiger partial charge in [-0.1, -0.05) is 23.9 Å². The monoisotopic (exact) mass is 394 g/mol. The molecule has 0 bridgehead atoms. The lowest BCUT2D eigenvalue weighted by atomic mass is 10.1. The Morgan fingerprint density at radius 2 is 1.96 bits per heavy atom. The molecule has 8 nitrogen and oxygen atoms in total. The number of nitriles is 1. The first-order valence-electron chi connectivity index (χ1n) is 8.07. The van der Waals surface area contributed by atoms with Crippen LogP contribution in [0, 0.1) is 21.4 Å². The maximum Gasteiger partial charge on any atom is 0.270 e. The largest absolute Gasteiger partial charge is 0.488 e. The van der Waals surface area contributed by atoms with E-state index in [4.69, 9.17) is 4.74 Å². The summed E-state index contributed by atoms with van der Waals surface area (Å²) in [6, 6.07) is 14.9. The van der Waals surface area contributed by atoms with E-state index in [0.717, 1.165) is 5.56 Å². The average molecular weight is 394 g/mol. The SMILES string of the molecule is CSc1nc(-c2ccccc2OCc2ccc([N+](=O)[O-])cc2)c(C#N)c(=O)[nH]1. The first-order chi connectivity index (χ1) is 13.5. The summed E-state index contributed by atoms with van der Waals surface area (Å²) >= 11 is 1.26. The molecular formula is C19H14N4O4S. The van der Waals surface area contributed by atoms with E-state index in [2.05, 4.69) is 9.97 Å². The van der Waals surface area contributed by atoms with Gasteiger partial charge in [0.25, 0.3) is 11.2 Å². The van der Waals surface area contributed by atoms with E-state index in [1.54, 1.807) is 42.7 Å². The minimum atomic E-state index is -0.512. The van der Waals surface area contributed by atoms with Gasteiger partial charge in [-0.2, -0.15) is 5.26 Å². The van der Waals surface area contributed by atoms with E-state index in [9.17, 15) is 20.2 Å². The highest BCUT2D eigenvalue weighted by atomic mass is 32.2. The average Bonchev–Trinajstić information content (AvgIpc) is 2.72. The molecule has 1 aromatic heterocycles. The molecule has 3 rings (SSSR count). The second-order valence-corrected chi connectivity index (χ2v) is 6.41. The van der Waals surface area contributed by atoms with Crippen molar-refractivity contribution in [1.29, 1.82) is 5.26 Å². The molecule has 3 aromatic rings. The molecule has 0 spiro atoms. The van der Waals surface area contributed by atoms with E-state index >= 15 is 0 Å². The van der Waals surface area contributed by atoms with Gasteiger partial charge in [-0.3, -0.25) is 14.9 Å². The number of hydrogen-bond donors (Lipinski definition) is 1. The Bertz CT molecular complexity index is 1120. The van der Waals surface area contributed by atoms with Crippen molar-refractivity contribution in [2.45, 2.75) is 11.8 Å². The summed E-state index contributed by atoms with van der Waals surface area (Å²) in [5.74, 6) is 0.447. The van der Waals surface area contributed by atoms with Crippen LogP contribution in [0.15, 0.2) is 58.5 Å². The smallest absolute Gasteiger partial charge is 0.270 e. The van der Waals surface area contributed by atoms with E-state index < -0.39 is 10.5 Å². The van der Waals surface area contributed by atoms with Gasteiger partial charge in [0.1, 0.15) is 29.7 Å². The molecule has 0 amide bonds. The van der Waals surface area contributed by atoms with Gasteiger partial charge in [0, 0.05) is 17.7 Å². The number of ether oxygens (including phenoxy) is 1. The first-order valence-corrected chi connectivity index (χ1v) is 9.30. The molecule has 0 aliphatic rings. The van der Waals surface area contributed by atoms with Crippen molar-refractivity contribution in [3.05, 3.63) is 80.1 Å². The second-order valence-electron chi connectivity index (χ2n) is 5.62. The number of H-pyrrole nitrogens is 1. The molecule has 0 saturated carbocycles. The number of nitrogens with one attached hydrogen (secondary N) is 1. The Morgan fingerprint density at radius 1 is 1.25 bits per heavy atom. The van der Waals surface area contributed by atoms with Crippen LogP contribution in [-0.2, 0) is 6.61 Å². The van der Waals surface area contributed by atoms with E-state index in [1.165, 1.54) is 23.9 Å². The number of thioether (sulfide) groups is 1. The van der Waals surface area contributed by atoms with Crippen LogP contribution in [-0.4, -0.2) is 21.1 Å². The zero-order valence-corrected chi connectivity index (χ0v) is 15.5. The van der Waals surface area contributed by atoms with E-state index in [-0.39, 0.29) is 23.6 Å². The molecule has 28 heavy (non-hydrogen) atoms. The van der Waals surface area contributed by atoms with Crippen LogP contribution >= 0.6 is 11.8 Å². The molecule has 0 radical (unpaired) electrons. The highest BCUT2D eigenvalue weighted by molar-refractivity contribution is 7.98. The van der Waals surface area contributed by atoms with Gasteiger partial charge in [-0.25, -0.2) is 4.98 Å². The molecule has 9 heteroatoms. The minimum absolute atomic E-state index is 0.000109. The molecule has 0 aliphatic heterocycles. The summed E-state index contributed by atoms with van der Waals surface area (Å²) in [5.41, 5.74) is 0.896. The van der Waals surface area contributed by atoms with Gasteiger partial charge in [0.05, 0.1) is 4.92 Å². The molecule has 140 valence electrons. The Balaban J connectivity index is 1.94. The van der Waals surface area contributed by atoms with Gasteiger partial charge >= 0.3 is 0 Å². The Kier molecular flexibility index (Phi) is 5.72. The fourth-order valence-corrected chi connectivity index (χ4v) is 2.89. The minimum Gasteiger partial charge on any atom is -0.488 e. The van der Waals surface area contributed by atoms with Crippen LogP contribution in [0.4, 0.5) is 5.69 Å². The molecule has 0 unspecified atom stereocenters. The van der Waals surface area contributed by atoms with Crippen LogP contribution in [0.5, 0.6) is 5.75 Å². The number of benzene rings is 2. The number of nitro groups is 1. The number of aromatic nitrogens is 2. The summed E-state index contributed by atoms with van der Waals surface area (Å²) in [7, 11) is 0. The predicted octanol–water partition coefficient (Wildman–Crippen LogP) is 3.52. The molecular weight excluding hydrogens is 380 g/mol. The Labute approximate surface area is 164 Å². The van der Waals surface area contributed by atoms with Gasteiger partial charge in [0.2, 0.25) is 0 Å². The topological polar surface area (TPSA) is 122 Å². The third-order valence-corrected chi connectivity index (χ3v) is 4.47. The van der Waals surface area contributed by atoms with Crippen molar-refractivity contribution in [3.8, 4) is 23.1 Å². The zero-order valence-electron chi connectivity index (χ0n) is 14.7. The van der Waals surface area contributed by atoms with Gasteiger partial charge in [-0.05, 0) is 36.1 Å². The van der Waals surface area contributed by atoms with Crippen molar-refractivity contribution < 1.29 is 9.66 Å². The summed E-state index contributed by atoms with van der Waals surface area (Å²) < 4.78 is 5.85. The lowest BCUT2D eigenvalue weighted by molar-refractivity contribution is -0.384. The van der Waals surface area contributed by atoms with Crippen molar-refractivity contribution in [2.24, 2.45) is 0 Å². The van der Waals surface area contributed by atoms with Crippen LogP contribution in [0.1, 0.15) is 11.1 Å². The summed E-state index contributed by atoms with van der Waals surface area (Å²) in [4.78, 5) is 29.4. The van der Waals surface area contributed by atoms with Gasteiger partial charge in [-0.15, -0.1) is 0 Å². The zero-order chi connectivity index (χ0) is 20.1. The number of hydrogen-bond acceptors (Lipinski definition) is 7. The number of aromatic amines is 1. The fourth-order valence-electron chi connectivity index (χ4n) is 2.51. The van der Waals surface area contributed by atoms with E-state index in [1.807, 2.05) is 6.07 Å². The third-order valence-electron chi connectivity index (χ3n) is 3.89. The van der Waals surface area contributed by atoms with Crippen LogP contribution < -0.4 is 10.3 Å². The molecule has 2 aromatic carbocycles. The van der Waals surface area contributed by atoms with Crippen molar-refractivity contribution in [1.82, 2.24) is 9.97 Å². The quantitative estimate of drug-likeness (QED) is 0.294. The number of rotatable bonds is 6. The number of non-ortho nitro benzene ring substituents is 1. The fraction of sp³-hybridized carbons (Fsp3) is 0.105. The van der Waals surface area contributed by atoms with Crippen molar-refractivity contribution in [2.75, 3.05) is 6.26 Å². The summed E-state index contributed by atoms with van der Waals surface area (Å²) in [6.45, 7) is 0.162. The highest BCUT2D eigenvalue weighted by Crippen LogP contribution is 2.31. The molecule has 0 atom stereocenters. The molecule has 0 fully saturated rings. The normalized spacial score (nSPS) is 10.3. The lowest BCUT2D eigenvalue weighted by Crippen LogP contribution is -2.15. The van der Waals surface area contributed by atoms with Crippen LogP contribution in [0.3, 0.4) is 0 Å². The molecule has 1 N–H and O–H groups in total. The Morgan fingerprint density at radius 3 is 2.61 bits per heavy atom. The summed E-state index contributed by atoms with van der Waals surface area (Å²) in [5, 5.41) is 20.5. The van der Waals surface area contributed by atoms with Gasteiger partial charge in [0.15, 0.2) is 5.16 Å². The number of nitrogens with zero attached hydrogens (tertiary/aromatic N) is 3. The number of nitro benzene ring substituents is 1. The molecule has 0 saturated heterocycles. The predicted molar refractivity (Wildman–Crippen MR) is 104 cm³/mol. The first kappa shape index (κ1) is 19.1. The maximum atomic E-state index is 12.2. The maximum absolute atomic E-state index is 12.2. The lowest BCUT2D eigenvalue weighted by Gasteiger charge is -2.12. The third kappa shape index (κ3) is 4.02. The Hall–Kier alpha value is -3.64. The van der Waals surface area contributed by atoms with Crippen molar-refractivity contribution >= 4 is 17.4 Å².